The summed E-state index contributed by atoms with van der Waals surface area (Å²) in [5, 5.41) is 2.09. The summed E-state index contributed by atoms with van der Waals surface area (Å²) in [6, 6.07) is 11.1. The predicted octanol–water partition coefficient (Wildman–Crippen LogP) is 5.26. The molecule has 0 bridgehead atoms. The molecule has 0 atom stereocenters. The summed E-state index contributed by atoms with van der Waals surface area (Å²) in [7, 11) is 0. The maximum Gasteiger partial charge on any atom is 0.152 e. The summed E-state index contributed by atoms with van der Waals surface area (Å²) >= 11 is 12.1. The summed E-state index contributed by atoms with van der Waals surface area (Å²) in [5.74, 6) is 0. The Bertz CT molecular complexity index is 821. The topological polar surface area (TPSA) is 32.9 Å². The maximum atomic E-state index is 11.5. The van der Waals surface area contributed by atoms with E-state index >= 15 is 0 Å². The van der Waals surface area contributed by atoms with Crippen LogP contribution >= 0.6 is 23.2 Å². The Morgan fingerprint density at radius 2 is 1.90 bits per heavy atom. The van der Waals surface area contributed by atoms with Crippen LogP contribution in [0.1, 0.15) is 15.9 Å². The van der Waals surface area contributed by atoms with E-state index < -0.39 is 0 Å². The van der Waals surface area contributed by atoms with E-state index in [1.807, 2.05) is 31.2 Å². The van der Waals surface area contributed by atoms with Crippen molar-refractivity contribution in [2.75, 3.05) is 0 Å². The van der Waals surface area contributed by atoms with Gasteiger partial charge in [0.05, 0.1) is 5.69 Å². The van der Waals surface area contributed by atoms with Crippen molar-refractivity contribution >= 4 is 40.4 Å². The number of benzene rings is 2. The fourth-order valence-electron chi connectivity index (χ4n) is 2.44. The van der Waals surface area contributed by atoms with E-state index in [1.54, 1.807) is 12.1 Å². The summed E-state index contributed by atoms with van der Waals surface area (Å²) in [5.41, 5.74) is 4.18. The molecule has 1 heterocycles. The van der Waals surface area contributed by atoms with Gasteiger partial charge in [0.2, 0.25) is 0 Å². The molecule has 0 radical (unpaired) electrons. The number of fused-ring (bicyclic) bond motifs is 1. The van der Waals surface area contributed by atoms with Crippen LogP contribution in [0.25, 0.3) is 22.2 Å². The highest BCUT2D eigenvalue weighted by Gasteiger charge is 2.14. The minimum absolute atomic E-state index is 0.605. The van der Waals surface area contributed by atoms with Gasteiger partial charge >= 0.3 is 0 Å². The molecule has 0 saturated heterocycles. The van der Waals surface area contributed by atoms with Crippen molar-refractivity contribution < 1.29 is 4.79 Å². The molecule has 0 aliphatic rings. The van der Waals surface area contributed by atoms with Gasteiger partial charge in [-0.3, -0.25) is 4.79 Å². The number of aldehydes is 1. The average Bonchev–Trinajstić information content (AvgIpc) is 2.77. The largest absolute Gasteiger partial charge is 0.354 e. The first-order valence-electron chi connectivity index (χ1n) is 6.13. The van der Waals surface area contributed by atoms with Crippen molar-refractivity contribution in [3.05, 3.63) is 57.6 Å². The molecule has 100 valence electrons. The van der Waals surface area contributed by atoms with Crippen LogP contribution in [0.5, 0.6) is 0 Å². The second kappa shape index (κ2) is 4.97. The summed E-state index contributed by atoms with van der Waals surface area (Å²) in [6.45, 7) is 1.96. The third-order valence-corrected chi connectivity index (χ3v) is 3.79. The van der Waals surface area contributed by atoms with E-state index in [9.17, 15) is 4.79 Å². The Hall–Kier alpha value is -1.77. The summed E-state index contributed by atoms with van der Waals surface area (Å²) < 4.78 is 0. The number of aromatic nitrogens is 1. The van der Waals surface area contributed by atoms with E-state index in [0.29, 0.717) is 15.6 Å². The van der Waals surface area contributed by atoms with Crippen LogP contribution in [0.4, 0.5) is 0 Å². The summed E-state index contributed by atoms with van der Waals surface area (Å²) in [4.78, 5) is 14.8. The molecule has 20 heavy (non-hydrogen) atoms. The third-order valence-electron chi connectivity index (χ3n) is 3.34. The lowest BCUT2D eigenvalue weighted by Gasteiger charge is -2.00. The highest BCUT2D eigenvalue weighted by Crippen LogP contribution is 2.33. The number of aromatic amines is 1. The van der Waals surface area contributed by atoms with Crippen LogP contribution in [-0.4, -0.2) is 11.3 Å². The smallest absolute Gasteiger partial charge is 0.152 e. The van der Waals surface area contributed by atoms with Crippen molar-refractivity contribution in [2.45, 2.75) is 6.92 Å². The van der Waals surface area contributed by atoms with Gasteiger partial charge in [-0.05, 0) is 36.8 Å². The Balaban J connectivity index is 2.37. The van der Waals surface area contributed by atoms with Crippen molar-refractivity contribution in [2.24, 2.45) is 0 Å². The number of rotatable bonds is 2. The molecule has 0 fully saturated rings. The molecule has 4 heteroatoms. The fraction of sp³-hybridized carbons (Fsp3) is 0.0625. The molecule has 2 aromatic carbocycles. The molecule has 2 nitrogen and oxygen atoms in total. The zero-order valence-corrected chi connectivity index (χ0v) is 12.2. The quantitative estimate of drug-likeness (QED) is 0.643. The van der Waals surface area contributed by atoms with Crippen molar-refractivity contribution in [3.63, 3.8) is 0 Å². The number of carbonyl (C=O) groups is 1. The number of hydrogen-bond donors (Lipinski definition) is 1. The second-order valence-corrected chi connectivity index (χ2v) is 5.56. The SMILES string of the molecule is Cc1cc(Cl)cc2c(C=O)c(-c3cccc(Cl)c3)[nH]c12. The van der Waals surface area contributed by atoms with Crippen LogP contribution in [0.2, 0.25) is 10.0 Å². The minimum Gasteiger partial charge on any atom is -0.354 e. The molecule has 1 aromatic heterocycles. The van der Waals surface area contributed by atoms with Crippen LogP contribution in [0.15, 0.2) is 36.4 Å². The minimum atomic E-state index is 0.605. The van der Waals surface area contributed by atoms with Gasteiger partial charge in [0.1, 0.15) is 0 Å². The average molecular weight is 304 g/mol. The Morgan fingerprint density at radius 3 is 2.60 bits per heavy atom. The van der Waals surface area contributed by atoms with E-state index in [2.05, 4.69) is 4.98 Å². The van der Waals surface area contributed by atoms with Gasteiger partial charge in [0.25, 0.3) is 0 Å². The highest BCUT2D eigenvalue weighted by molar-refractivity contribution is 6.32. The lowest BCUT2D eigenvalue weighted by Crippen LogP contribution is -1.84. The molecule has 0 aliphatic heterocycles. The molecular weight excluding hydrogens is 293 g/mol. The molecule has 0 amide bonds. The van der Waals surface area contributed by atoms with E-state index in [4.69, 9.17) is 23.2 Å². The number of hydrogen-bond acceptors (Lipinski definition) is 1. The zero-order chi connectivity index (χ0) is 14.3. The molecule has 3 rings (SSSR count). The fourth-order valence-corrected chi connectivity index (χ4v) is 2.91. The molecule has 1 N–H and O–H groups in total. The van der Waals surface area contributed by atoms with Crippen LogP contribution in [0.3, 0.4) is 0 Å². The molecule has 0 unspecified atom stereocenters. The van der Waals surface area contributed by atoms with Gasteiger partial charge in [-0.25, -0.2) is 0 Å². The van der Waals surface area contributed by atoms with Crippen molar-refractivity contribution in [1.29, 1.82) is 0 Å². The first-order chi connectivity index (χ1) is 9.60. The molecule has 0 saturated carbocycles. The molecule has 0 spiro atoms. The molecule has 0 aliphatic carbocycles. The van der Waals surface area contributed by atoms with Crippen LogP contribution < -0.4 is 0 Å². The molecule has 3 aromatic rings. The number of nitrogens with one attached hydrogen (secondary N) is 1. The predicted molar refractivity (Wildman–Crippen MR) is 83.9 cm³/mol. The Labute approximate surface area is 126 Å². The zero-order valence-electron chi connectivity index (χ0n) is 10.7. The van der Waals surface area contributed by atoms with Gasteiger partial charge < -0.3 is 4.98 Å². The Morgan fingerprint density at radius 1 is 1.10 bits per heavy atom. The van der Waals surface area contributed by atoms with Gasteiger partial charge in [-0.2, -0.15) is 0 Å². The van der Waals surface area contributed by atoms with Crippen LogP contribution in [-0.2, 0) is 0 Å². The lowest BCUT2D eigenvalue weighted by atomic mass is 10.1. The number of carbonyl (C=O) groups excluding carboxylic acids is 1. The first kappa shape index (κ1) is 13.2. The van der Waals surface area contributed by atoms with Gasteiger partial charge in [0, 0.05) is 32.1 Å². The van der Waals surface area contributed by atoms with Crippen molar-refractivity contribution in [3.8, 4) is 11.3 Å². The van der Waals surface area contributed by atoms with Crippen molar-refractivity contribution in [1.82, 2.24) is 4.98 Å². The van der Waals surface area contributed by atoms with Gasteiger partial charge in [-0.15, -0.1) is 0 Å². The first-order valence-corrected chi connectivity index (χ1v) is 6.88. The monoisotopic (exact) mass is 303 g/mol. The highest BCUT2D eigenvalue weighted by atomic mass is 35.5. The summed E-state index contributed by atoms with van der Waals surface area (Å²) in [6.07, 6.45) is 0.852. The maximum absolute atomic E-state index is 11.5. The van der Waals surface area contributed by atoms with E-state index in [-0.39, 0.29) is 0 Å². The van der Waals surface area contributed by atoms with E-state index in [1.165, 1.54) is 0 Å². The van der Waals surface area contributed by atoms with Gasteiger partial charge in [0.15, 0.2) is 6.29 Å². The normalized spacial score (nSPS) is 10.9. The molecular formula is C16H11Cl2NO. The third kappa shape index (κ3) is 2.11. The Kier molecular flexibility index (Phi) is 3.28. The lowest BCUT2D eigenvalue weighted by molar-refractivity contribution is 0.112. The van der Waals surface area contributed by atoms with Gasteiger partial charge in [-0.1, -0.05) is 35.3 Å². The number of aryl methyl sites for hydroxylation is 1. The number of H-pyrrole nitrogens is 1. The van der Waals surface area contributed by atoms with E-state index in [0.717, 1.165) is 34.0 Å². The van der Waals surface area contributed by atoms with Crippen LogP contribution in [0, 0.1) is 6.92 Å². The standard InChI is InChI=1S/C16H11Cl2NO/c1-9-5-12(18)7-13-14(8-20)16(19-15(9)13)10-3-2-4-11(17)6-10/h2-8,19H,1H3. The second-order valence-electron chi connectivity index (χ2n) is 4.69. The number of halogens is 2.